The number of rotatable bonds is 6. The molecular weight excluding hydrogens is 368 g/mol. The first-order chi connectivity index (χ1) is 12.9. The molecule has 0 saturated heterocycles. The van der Waals surface area contributed by atoms with Crippen molar-refractivity contribution in [2.24, 2.45) is 5.73 Å². The highest BCUT2D eigenvalue weighted by atomic mass is 35.5. The van der Waals surface area contributed by atoms with Gasteiger partial charge < -0.3 is 15.2 Å². The Morgan fingerprint density at radius 3 is 2.41 bits per heavy atom. The van der Waals surface area contributed by atoms with Crippen LogP contribution in [0, 0.1) is 0 Å². The zero-order valence-corrected chi connectivity index (χ0v) is 15.3. The first kappa shape index (κ1) is 18.6. The first-order valence-electron chi connectivity index (χ1n) is 8.19. The lowest BCUT2D eigenvalue weighted by Crippen LogP contribution is -2.26. The number of aromatic nitrogens is 2. The van der Waals surface area contributed by atoms with Gasteiger partial charge in [0, 0.05) is 41.7 Å². The molecule has 0 radical (unpaired) electrons. The van der Waals surface area contributed by atoms with E-state index < -0.39 is 5.91 Å². The predicted molar refractivity (Wildman–Crippen MR) is 101 cm³/mol. The average Bonchev–Trinajstić information content (AvgIpc) is 3.15. The summed E-state index contributed by atoms with van der Waals surface area (Å²) in [6.07, 6.45) is 0.527. The van der Waals surface area contributed by atoms with Gasteiger partial charge >= 0.3 is 0 Å². The maximum Gasteiger partial charge on any atom is 0.248 e. The Morgan fingerprint density at radius 2 is 1.78 bits per heavy atom. The van der Waals surface area contributed by atoms with Gasteiger partial charge in [0.2, 0.25) is 23.5 Å². The van der Waals surface area contributed by atoms with Crippen molar-refractivity contribution in [3.05, 3.63) is 65.0 Å². The van der Waals surface area contributed by atoms with Crippen LogP contribution < -0.4 is 10.6 Å². The molecule has 0 spiro atoms. The Morgan fingerprint density at radius 1 is 1.11 bits per heavy atom. The number of carbonyl (C=O) groups excluding carboxylic acids is 2. The van der Waals surface area contributed by atoms with Crippen molar-refractivity contribution in [3.8, 4) is 11.4 Å². The monoisotopic (exact) mass is 384 g/mol. The molecule has 0 unspecified atom stereocenters. The van der Waals surface area contributed by atoms with Gasteiger partial charge in [-0.1, -0.05) is 16.8 Å². The molecule has 1 heterocycles. The van der Waals surface area contributed by atoms with Crippen LogP contribution in [0.25, 0.3) is 11.4 Å². The van der Waals surface area contributed by atoms with E-state index in [2.05, 4.69) is 10.1 Å². The highest BCUT2D eigenvalue weighted by Crippen LogP contribution is 2.19. The van der Waals surface area contributed by atoms with Gasteiger partial charge in [-0.15, -0.1) is 0 Å². The number of primary amides is 1. The van der Waals surface area contributed by atoms with Gasteiger partial charge in [0.15, 0.2) is 0 Å². The fraction of sp³-hybridized carbons (Fsp3) is 0.158. The summed E-state index contributed by atoms with van der Waals surface area (Å²) in [5, 5.41) is 4.55. The molecule has 7 nitrogen and oxygen atoms in total. The lowest BCUT2D eigenvalue weighted by molar-refractivity contribution is -0.118. The molecule has 0 saturated carbocycles. The van der Waals surface area contributed by atoms with Crippen LogP contribution in [0.1, 0.15) is 22.7 Å². The minimum Gasteiger partial charge on any atom is -0.366 e. The van der Waals surface area contributed by atoms with Gasteiger partial charge in [0.25, 0.3) is 0 Å². The maximum absolute atomic E-state index is 12.4. The Balaban J connectivity index is 1.60. The number of anilines is 1. The SMILES string of the molecule is CN(C(=O)CCc1nc(-c2ccc(Cl)cc2)no1)c1ccc(C(N)=O)cc1. The second-order valence-electron chi connectivity index (χ2n) is 5.88. The van der Waals surface area contributed by atoms with E-state index in [1.807, 2.05) is 0 Å². The van der Waals surface area contributed by atoms with Crippen molar-refractivity contribution >= 4 is 29.1 Å². The predicted octanol–water partition coefficient (Wildman–Crippen LogP) is 3.08. The van der Waals surface area contributed by atoms with E-state index in [1.165, 1.54) is 4.90 Å². The number of carbonyl (C=O) groups is 2. The number of hydrogen-bond acceptors (Lipinski definition) is 5. The van der Waals surface area contributed by atoms with Crippen molar-refractivity contribution in [1.82, 2.24) is 10.1 Å². The van der Waals surface area contributed by atoms with E-state index in [0.29, 0.717) is 34.4 Å². The molecule has 0 bridgehead atoms. The van der Waals surface area contributed by atoms with Gasteiger partial charge in [-0.25, -0.2) is 0 Å². The maximum atomic E-state index is 12.4. The van der Waals surface area contributed by atoms with Gasteiger partial charge in [-0.2, -0.15) is 4.98 Å². The van der Waals surface area contributed by atoms with Crippen LogP contribution in [0.4, 0.5) is 5.69 Å². The molecule has 3 aromatic rings. The normalized spacial score (nSPS) is 10.6. The number of benzene rings is 2. The molecule has 0 aliphatic rings. The highest BCUT2D eigenvalue weighted by molar-refractivity contribution is 6.30. The van der Waals surface area contributed by atoms with E-state index in [0.717, 1.165) is 5.56 Å². The standard InChI is InChI=1S/C19H17ClN4O3/c1-24(15-8-4-12(5-9-15)18(21)26)17(25)11-10-16-22-19(23-27-16)13-2-6-14(20)7-3-13/h2-9H,10-11H2,1H3,(H2,21,26). The van der Waals surface area contributed by atoms with Crippen LogP contribution in [0.5, 0.6) is 0 Å². The fourth-order valence-electron chi connectivity index (χ4n) is 2.45. The summed E-state index contributed by atoms with van der Waals surface area (Å²) in [5.74, 6) is 0.201. The van der Waals surface area contributed by atoms with Crippen LogP contribution in [-0.4, -0.2) is 29.0 Å². The van der Waals surface area contributed by atoms with E-state index in [-0.39, 0.29) is 12.3 Å². The van der Waals surface area contributed by atoms with Crippen molar-refractivity contribution in [2.75, 3.05) is 11.9 Å². The minimum absolute atomic E-state index is 0.118. The van der Waals surface area contributed by atoms with Crippen LogP contribution in [0.15, 0.2) is 53.1 Å². The van der Waals surface area contributed by atoms with Crippen LogP contribution >= 0.6 is 11.6 Å². The van der Waals surface area contributed by atoms with E-state index in [4.69, 9.17) is 21.9 Å². The van der Waals surface area contributed by atoms with E-state index in [9.17, 15) is 9.59 Å². The third-order valence-electron chi connectivity index (χ3n) is 4.04. The number of amides is 2. The second-order valence-corrected chi connectivity index (χ2v) is 6.32. The van der Waals surface area contributed by atoms with Crippen molar-refractivity contribution in [1.29, 1.82) is 0 Å². The molecule has 0 fully saturated rings. The molecule has 2 aromatic carbocycles. The Bertz CT molecular complexity index is 952. The van der Waals surface area contributed by atoms with Crippen molar-refractivity contribution in [3.63, 3.8) is 0 Å². The van der Waals surface area contributed by atoms with Crippen molar-refractivity contribution < 1.29 is 14.1 Å². The molecule has 1 aromatic heterocycles. The van der Waals surface area contributed by atoms with E-state index in [1.54, 1.807) is 55.6 Å². The zero-order chi connectivity index (χ0) is 19.4. The summed E-state index contributed by atoms with van der Waals surface area (Å²) in [7, 11) is 1.66. The van der Waals surface area contributed by atoms with Crippen molar-refractivity contribution in [2.45, 2.75) is 12.8 Å². The van der Waals surface area contributed by atoms with Crippen LogP contribution in [-0.2, 0) is 11.2 Å². The minimum atomic E-state index is -0.511. The van der Waals surface area contributed by atoms with Gasteiger partial charge in [-0.05, 0) is 48.5 Å². The Labute approximate surface area is 160 Å². The molecule has 0 atom stereocenters. The number of halogens is 1. The first-order valence-corrected chi connectivity index (χ1v) is 8.57. The number of nitrogens with two attached hydrogens (primary N) is 1. The smallest absolute Gasteiger partial charge is 0.248 e. The molecule has 0 aliphatic heterocycles. The molecule has 27 heavy (non-hydrogen) atoms. The zero-order valence-electron chi connectivity index (χ0n) is 14.6. The largest absolute Gasteiger partial charge is 0.366 e. The van der Waals surface area contributed by atoms with Crippen LogP contribution in [0.2, 0.25) is 5.02 Å². The number of nitrogens with zero attached hydrogens (tertiary/aromatic N) is 3. The summed E-state index contributed by atoms with van der Waals surface area (Å²) in [4.78, 5) is 29.3. The van der Waals surface area contributed by atoms with E-state index >= 15 is 0 Å². The summed E-state index contributed by atoms with van der Waals surface area (Å²) >= 11 is 5.86. The molecule has 2 amide bonds. The molecule has 138 valence electrons. The summed E-state index contributed by atoms with van der Waals surface area (Å²) in [6.45, 7) is 0. The third kappa shape index (κ3) is 4.51. The molecule has 0 aliphatic carbocycles. The number of aryl methyl sites for hydroxylation is 1. The molecular formula is C19H17ClN4O3. The average molecular weight is 385 g/mol. The van der Waals surface area contributed by atoms with Gasteiger partial charge in [0.05, 0.1) is 0 Å². The second kappa shape index (κ2) is 8.01. The highest BCUT2D eigenvalue weighted by Gasteiger charge is 2.15. The lowest BCUT2D eigenvalue weighted by Gasteiger charge is -2.17. The molecule has 8 heteroatoms. The summed E-state index contributed by atoms with van der Waals surface area (Å²) < 4.78 is 5.21. The Hall–Kier alpha value is -3.19. The fourth-order valence-corrected chi connectivity index (χ4v) is 2.57. The molecule has 2 N–H and O–H groups in total. The molecule has 3 rings (SSSR count). The Kier molecular flexibility index (Phi) is 5.52. The third-order valence-corrected chi connectivity index (χ3v) is 4.29. The van der Waals surface area contributed by atoms with Crippen LogP contribution in [0.3, 0.4) is 0 Å². The summed E-state index contributed by atoms with van der Waals surface area (Å²) in [5.41, 5.74) is 7.05. The number of hydrogen-bond donors (Lipinski definition) is 1. The van der Waals surface area contributed by atoms with Gasteiger partial charge in [0.1, 0.15) is 0 Å². The summed E-state index contributed by atoms with van der Waals surface area (Å²) in [6, 6.07) is 13.6. The van der Waals surface area contributed by atoms with Gasteiger partial charge in [-0.3, -0.25) is 9.59 Å². The topological polar surface area (TPSA) is 102 Å². The quantitative estimate of drug-likeness (QED) is 0.703. The lowest BCUT2D eigenvalue weighted by atomic mass is 10.2.